The average molecular weight is 266 g/mol. The van der Waals surface area contributed by atoms with Crippen molar-refractivity contribution in [2.24, 2.45) is 0 Å². The van der Waals surface area contributed by atoms with Gasteiger partial charge in [-0.2, -0.15) is 0 Å². The minimum Gasteiger partial charge on any atom is -0.494 e. The van der Waals surface area contributed by atoms with E-state index in [1.54, 1.807) is 18.2 Å². The lowest BCUT2D eigenvalue weighted by Gasteiger charge is -2.08. The van der Waals surface area contributed by atoms with Crippen molar-refractivity contribution in [2.75, 3.05) is 19.8 Å². The van der Waals surface area contributed by atoms with E-state index in [1.165, 1.54) is 0 Å². The largest absolute Gasteiger partial charge is 0.494 e. The van der Waals surface area contributed by atoms with Crippen LogP contribution >= 0.6 is 0 Å². The molecule has 0 aliphatic heterocycles. The predicted octanol–water partition coefficient (Wildman–Crippen LogP) is 2.79. The molecule has 0 atom stereocenters. The van der Waals surface area contributed by atoms with Crippen molar-refractivity contribution in [2.45, 2.75) is 32.6 Å². The maximum atomic E-state index is 11.7. The number of ether oxygens (including phenoxy) is 2. The van der Waals surface area contributed by atoms with Gasteiger partial charge < -0.3 is 14.6 Å². The zero-order chi connectivity index (χ0) is 13.9. The number of aliphatic hydroxyl groups is 1. The van der Waals surface area contributed by atoms with Crippen LogP contribution in [0, 0.1) is 0 Å². The number of esters is 1. The summed E-state index contributed by atoms with van der Waals surface area (Å²) in [6.45, 7) is 3.22. The van der Waals surface area contributed by atoms with Gasteiger partial charge in [0.15, 0.2) is 0 Å². The van der Waals surface area contributed by atoms with Crippen LogP contribution in [0.4, 0.5) is 0 Å². The third kappa shape index (κ3) is 6.25. The van der Waals surface area contributed by atoms with E-state index in [2.05, 4.69) is 6.92 Å². The minimum atomic E-state index is -0.311. The molecule has 0 amide bonds. The highest BCUT2D eigenvalue weighted by molar-refractivity contribution is 5.89. The van der Waals surface area contributed by atoms with Crippen LogP contribution in [0.15, 0.2) is 24.3 Å². The van der Waals surface area contributed by atoms with Crippen molar-refractivity contribution >= 4 is 5.97 Å². The Balaban J connectivity index is 2.44. The fraction of sp³-hybridized carbons (Fsp3) is 0.533. The van der Waals surface area contributed by atoms with Crippen LogP contribution in [-0.2, 0) is 4.74 Å². The molecule has 0 fully saturated rings. The smallest absolute Gasteiger partial charge is 0.338 e. The maximum absolute atomic E-state index is 11.7. The number of carbonyl (C=O) groups is 1. The van der Waals surface area contributed by atoms with E-state index >= 15 is 0 Å². The predicted molar refractivity (Wildman–Crippen MR) is 73.4 cm³/mol. The lowest BCUT2D eigenvalue weighted by atomic mass is 10.2. The van der Waals surface area contributed by atoms with E-state index < -0.39 is 0 Å². The summed E-state index contributed by atoms with van der Waals surface area (Å²) in [5, 5.41) is 8.67. The fourth-order valence-corrected chi connectivity index (χ4v) is 1.51. The monoisotopic (exact) mass is 266 g/mol. The number of aliphatic hydroxyl groups excluding tert-OH is 1. The van der Waals surface area contributed by atoms with E-state index in [9.17, 15) is 4.79 Å². The Labute approximate surface area is 114 Å². The molecule has 19 heavy (non-hydrogen) atoms. The highest BCUT2D eigenvalue weighted by Crippen LogP contribution is 2.14. The Morgan fingerprint density at radius 1 is 1.21 bits per heavy atom. The van der Waals surface area contributed by atoms with Gasteiger partial charge in [0.25, 0.3) is 0 Å². The van der Waals surface area contributed by atoms with Gasteiger partial charge >= 0.3 is 5.97 Å². The molecule has 0 radical (unpaired) electrons. The first-order valence-electron chi connectivity index (χ1n) is 6.78. The molecule has 1 N–H and O–H groups in total. The van der Waals surface area contributed by atoms with Crippen LogP contribution in [0.3, 0.4) is 0 Å². The second kappa shape index (κ2) is 9.39. The van der Waals surface area contributed by atoms with Gasteiger partial charge in [0.2, 0.25) is 0 Å². The van der Waals surface area contributed by atoms with Gasteiger partial charge in [0, 0.05) is 6.61 Å². The molecule has 4 heteroatoms. The van der Waals surface area contributed by atoms with Crippen LogP contribution in [0.25, 0.3) is 0 Å². The lowest BCUT2D eigenvalue weighted by Crippen LogP contribution is -2.07. The molecule has 0 aliphatic carbocycles. The number of hydrogen-bond acceptors (Lipinski definition) is 4. The molecular weight excluding hydrogens is 244 g/mol. The SMILES string of the molecule is CCCCOC(=O)c1cccc(OCCCCO)c1. The van der Waals surface area contributed by atoms with Crippen molar-refractivity contribution in [1.82, 2.24) is 0 Å². The molecule has 0 heterocycles. The Hall–Kier alpha value is -1.55. The second-order valence-corrected chi connectivity index (χ2v) is 4.30. The summed E-state index contributed by atoms with van der Waals surface area (Å²) < 4.78 is 10.6. The number of rotatable bonds is 9. The third-order valence-electron chi connectivity index (χ3n) is 2.62. The first-order chi connectivity index (χ1) is 9.27. The molecule has 106 valence electrons. The summed E-state index contributed by atoms with van der Waals surface area (Å²) in [6.07, 6.45) is 3.39. The summed E-state index contributed by atoms with van der Waals surface area (Å²) >= 11 is 0. The summed E-state index contributed by atoms with van der Waals surface area (Å²) in [4.78, 5) is 11.7. The van der Waals surface area contributed by atoms with E-state index in [0.717, 1.165) is 25.7 Å². The van der Waals surface area contributed by atoms with Crippen LogP contribution in [-0.4, -0.2) is 30.9 Å². The van der Waals surface area contributed by atoms with Crippen LogP contribution in [0.1, 0.15) is 43.0 Å². The van der Waals surface area contributed by atoms with Crippen LogP contribution in [0.2, 0.25) is 0 Å². The molecule has 1 rings (SSSR count). The molecule has 4 nitrogen and oxygen atoms in total. The molecule has 0 bridgehead atoms. The molecular formula is C15H22O4. The topological polar surface area (TPSA) is 55.8 Å². The average Bonchev–Trinajstić information content (AvgIpc) is 2.44. The lowest BCUT2D eigenvalue weighted by molar-refractivity contribution is 0.0499. The normalized spacial score (nSPS) is 10.2. The standard InChI is InChI=1S/C15H22O4/c1-2-3-10-19-15(17)13-7-6-8-14(12-13)18-11-5-4-9-16/h6-8,12,16H,2-5,9-11H2,1H3. The van der Waals surface area contributed by atoms with Crippen molar-refractivity contribution < 1.29 is 19.4 Å². The highest BCUT2D eigenvalue weighted by Gasteiger charge is 2.07. The van der Waals surface area contributed by atoms with Gasteiger partial charge in [-0.25, -0.2) is 4.79 Å². The van der Waals surface area contributed by atoms with Crippen molar-refractivity contribution in [1.29, 1.82) is 0 Å². The number of benzene rings is 1. The molecule has 1 aromatic rings. The van der Waals surface area contributed by atoms with Gasteiger partial charge in [-0.3, -0.25) is 0 Å². The zero-order valence-electron chi connectivity index (χ0n) is 11.4. The first-order valence-corrected chi connectivity index (χ1v) is 6.78. The Bertz CT molecular complexity index is 376. The first kappa shape index (κ1) is 15.5. The number of unbranched alkanes of at least 4 members (excludes halogenated alkanes) is 2. The van der Waals surface area contributed by atoms with Crippen molar-refractivity contribution in [3.63, 3.8) is 0 Å². The molecule has 0 aliphatic rings. The quantitative estimate of drug-likeness (QED) is 0.551. The van der Waals surface area contributed by atoms with Gasteiger partial charge in [0.1, 0.15) is 5.75 Å². The van der Waals surface area contributed by atoms with Gasteiger partial charge in [-0.1, -0.05) is 19.4 Å². The van der Waals surface area contributed by atoms with Crippen LogP contribution < -0.4 is 4.74 Å². The second-order valence-electron chi connectivity index (χ2n) is 4.30. The van der Waals surface area contributed by atoms with Crippen molar-refractivity contribution in [3.8, 4) is 5.75 Å². The minimum absolute atomic E-state index is 0.174. The van der Waals surface area contributed by atoms with Gasteiger partial charge in [-0.15, -0.1) is 0 Å². The summed E-state index contributed by atoms with van der Waals surface area (Å²) in [5.41, 5.74) is 0.510. The van der Waals surface area contributed by atoms with E-state index in [0.29, 0.717) is 24.5 Å². The maximum Gasteiger partial charge on any atom is 0.338 e. The Morgan fingerprint density at radius 2 is 2.05 bits per heavy atom. The number of hydrogen-bond donors (Lipinski definition) is 1. The molecule has 0 aromatic heterocycles. The van der Waals surface area contributed by atoms with Crippen LogP contribution in [0.5, 0.6) is 5.75 Å². The van der Waals surface area contributed by atoms with E-state index in [1.807, 2.05) is 6.07 Å². The third-order valence-corrected chi connectivity index (χ3v) is 2.62. The van der Waals surface area contributed by atoms with E-state index in [4.69, 9.17) is 14.6 Å². The Morgan fingerprint density at radius 3 is 2.79 bits per heavy atom. The Kier molecular flexibility index (Phi) is 7.66. The summed E-state index contributed by atoms with van der Waals surface area (Å²) in [5.74, 6) is 0.345. The molecule has 0 spiro atoms. The molecule has 0 unspecified atom stereocenters. The zero-order valence-corrected chi connectivity index (χ0v) is 11.4. The highest BCUT2D eigenvalue weighted by atomic mass is 16.5. The summed E-state index contributed by atoms with van der Waals surface area (Å²) in [7, 11) is 0. The molecule has 0 saturated carbocycles. The fourth-order valence-electron chi connectivity index (χ4n) is 1.51. The number of carbonyl (C=O) groups excluding carboxylic acids is 1. The van der Waals surface area contributed by atoms with Gasteiger partial charge in [0.05, 0.1) is 18.8 Å². The molecule has 0 saturated heterocycles. The van der Waals surface area contributed by atoms with E-state index in [-0.39, 0.29) is 12.6 Å². The molecule has 1 aromatic carbocycles. The van der Waals surface area contributed by atoms with Gasteiger partial charge in [-0.05, 0) is 37.5 Å². The van der Waals surface area contributed by atoms with Crippen molar-refractivity contribution in [3.05, 3.63) is 29.8 Å². The summed E-state index contributed by atoms with van der Waals surface area (Å²) in [6, 6.07) is 6.99.